The van der Waals surface area contributed by atoms with Gasteiger partial charge in [-0.15, -0.1) is 10.2 Å². The number of ether oxygens (including phenoxy) is 1. The van der Waals surface area contributed by atoms with E-state index in [1.54, 1.807) is 12.1 Å². The van der Waals surface area contributed by atoms with Crippen LogP contribution in [0, 0.1) is 5.95 Å². The lowest BCUT2D eigenvalue weighted by atomic mass is 9.79. The second-order valence-corrected chi connectivity index (χ2v) is 5.76. The van der Waals surface area contributed by atoms with Crippen LogP contribution in [0.1, 0.15) is 19.3 Å². The molecule has 3 heterocycles. The number of rotatable bonds is 3. The predicted octanol–water partition coefficient (Wildman–Crippen LogP) is 3.19. The molecule has 1 aliphatic rings. The van der Waals surface area contributed by atoms with Crippen LogP contribution in [0.3, 0.4) is 0 Å². The van der Waals surface area contributed by atoms with Gasteiger partial charge in [0.05, 0.1) is 6.20 Å². The molecule has 0 aliphatic heterocycles. The summed E-state index contributed by atoms with van der Waals surface area (Å²) in [6, 6.07) is 3.26. The summed E-state index contributed by atoms with van der Waals surface area (Å²) in [7, 11) is 0. The summed E-state index contributed by atoms with van der Waals surface area (Å²) in [5.41, 5.74) is -1.88. The van der Waals surface area contributed by atoms with Crippen LogP contribution >= 0.6 is 0 Å². The highest BCUT2D eigenvalue weighted by atomic mass is 19.4. The number of halogens is 4. The van der Waals surface area contributed by atoms with Crippen molar-refractivity contribution in [1.82, 2.24) is 24.6 Å². The standard InChI is InChI=1S/C15H11F4N5O/c16-11-13(25-14(4-2-5-14)15(17,18)19)21-8-10-22-23-12(24(10)11)9-3-1-6-20-7-9/h1,3,6-8H,2,4-5H2. The van der Waals surface area contributed by atoms with Gasteiger partial charge in [-0.1, -0.05) is 0 Å². The van der Waals surface area contributed by atoms with Gasteiger partial charge in [0.25, 0.3) is 11.8 Å². The molecule has 25 heavy (non-hydrogen) atoms. The number of alkyl halides is 3. The molecule has 1 saturated carbocycles. The third-order valence-electron chi connectivity index (χ3n) is 4.25. The lowest BCUT2D eigenvalue weighted by Crippen LogP contribution is -2.55. The molecular formula is C15H11F4N5O. The first kappa shape index (κ1) is 15.7. The van der Waals surface area contributed by atoms with Gasteiger partial charge in [0, 0.05) is 18.0 Å². The molecule has 0 saturated heterocycles. The van der Waals surface area contributed by atoms with Crippen molar-refractivity contribution in [1.29, 1.82) is 0 Å². The SMILES string of the molecule is Fc1c(OC2(C(F)(F)F)CCC2)ncc2nnc(-c3cccnc3)n12. The lowest BCUT2D eigenvalue weighted by molar-refractivity contribution is -0.275. The van der Waals surface area contributed by atoms with Gasteiger partial charge in [0.2, 0.25) is 5.60 Å². The molecule has 3 aromatic heterocycles. The Morgan fingerprint density at radius 2 is 1.96 bits per heavy atom. The van der Waals surface area contributed by atoms with E-state index in [0.29, 0.717) is 12.0 Å². The van der Waals surface area contributed by atoms with E-state index in [4.69, 9.17) is 4.74 Å². The van der Waals surface area contributed by atoms with Crippen LogP contribution < -0.4 is 4.74 Å². The maximum Gasteiger partial charge on any atom is 0.428 e. The molecule has 6 nitrogen and oxygen atoms in total. The Kier molecular flexibility index (Phi) is 3.37. The first-order valence-corrected chi connectivity index (χ1v) is 7.47. The minimum Gasteiger partial charge on any atom is -0.458 e. The van der Waals surface area contributed by atoms with E-state index in [0.717, 1.165) is 10.6 Å². The van der Waals surface area contributed by atoms with E-state index in [2.05, 4.69) is 20.2 Å². The Balaban J connectivity index is 1.81. The predicted molar refractivity (Wildman–Crippen MR) is 77.2 cm³/mol. The van der Waals surface area contributed by atoms with Crippen molar-refractivity contribution in [2.24, 2.45) is 0 Å². The highest BCUT2D eigenvalue weighted by Crippen LogP contribution is 2.48. The van der Waals surface area contributed by atoms with Crippen LogP contribution in [0.2, 0.25) is 0 Å². The zero-order valence-corrected chi connectivity index (χ0v) is 12.7. The van der Waals surface area contributed by atoms with Gasteiger partial charge in [-0.3, -0.25) is 4.98 Å². The number of hydrogen-bond donors (Lipinski definition) is 0. The lowest BCUT2D eigenvalue weighted by Gasteiger charge is -2.42. The monoisotopic (exact) mass is 353 g/mol. The second-order valence-electron chi connectivity index (χ2n) is 5.76. The van der Waals surface area contributed by atoms with Crippen molar-refractivity contribution in [2.45, 2.75) is 31.0 Å². The summed E-state index contributed by atoms with van der Waals surface area (Å²) in [6.07, 6.45) is -0.609. The molecule has 0 radical (unpaired) electrons. The average Bonchev–Trinajstić information content (AvgIpc) is 2.97. The Morgan fingerprint density at radius 1 is 1.16 bits per heavy atom. The molecule has 0 amide bonds. The largest absolute Gasteiger partial charge is 0.458 e. The number of fused-ring (bicyclic) bond motifs is 1. The van der Waals surface area contributed by atoms with Gasteiger partial charge in [0.1, 0.15) is 0 Å². The van der Waals surface area contributed by atoms with Gasteiger partial charge in [-0.05, 0) is 31.4 Å². The summed E-state index contributed by atoms with van der Waals surface area (Å²) >= 11 is 0. The maximum absolute atomic E-state index is 14.8. The molecule has 4 rings (SSSR count). The summed E-state index contributed by atoms with van der Waals surface area (Å²) in [6.45, 7) is 0. The first-order chi connectivity index (χ1) is 11.9. The van der Waals surface area contributed by atoms with E-state index < -0.39 is 23.6 Å². The van der Waals surface area contributed by atoms with Crippen LogP contribution in [0.5, 0.6) is 5.88 Å². The number of pyridine rings is 1. The third kappa shape index (κ3) is 2.39. The van der Waals surface area contributed by atoms with Crippen LogP contribution in [0.25, 0.3) is 17.0 Å². The van der Waals surface area contributed by atoms with Crippen molar-refractivity contribution >= 4 is 5.65 Å². The molecule has 0 atom stereocenters. The topological polar surface area (TPSA) is 65.2 Å². The minimum absolute atomic E-state index is 0.0540. The normalized spacial score (nSPS) is 16.6. The fourth-order valence-electron chi connectivity index (χ4n) is 2.72. The van der Waals surface area contributed by atoms with Gasteiger partial charge in [-0.25, -0.2) is 9.38 Å². The summed E-state index contributed by atoms with van der Waals surface area (Å²) in [5, 5.41) is 7.64. The second kappa shape index (κ2) is 5.36. The number of aromatic nitrogens is 5. The van der Waals surface area contributed by atoms with Crippen molar-refractivity contribution in [3.63, 3.8) is 0 Å². The fraction of sp³-hybridized carbons (Fsp3) is 0.333. The summed E-state index contributed by atoms with van der Waals surface area (Å²) in [4.78, 5) is 7.57. The Morgan fingerprint density at radius 3 is 2.56 bits per heavy atom. The Labute approximate surface area is 138 Å². The fourth-order valence-corrected chi connectivity index (χ4v) is 2.72. The molecule has 0 bridgehead atoms. The summed E-state index contributed by atoms with van der Waals surface area (Å²) < 4.78 is 60.6. The maximum atomic E-state index is 14.8. The molecule has 1 fully saturated rings. The average molecular weight is 353 g/mol. The molecule has 0 spiro atoms. The van der Waals surface area contributed by atoms with Gasteiger partial charge in [0.15, 0.2) is 11.5 Å². The Bertz CT molecular complexity index is 921. The molecule has 1 aliphatic carbocycles. The van der Waals surface area contributed by atoms with Crippen molar-refractivity contribution in [3.8, 4) is 17.3 Å². The van der Waals surface area contributed by atoms with Crippen molar-refractivity contribution in [2.75, 3.05) is 0 Å². The number of nitrogens with zero attached hydrogens (tertiary/aromatic N) is 5. The smallest absolute Gasteiger partial charge is 0.428 e. The highest BCUT2D eigenvalue weighted by molar-refractivity contribution is 5.58. The minimum atomic E-state index is -4.60. The van der Waals surface area contributed by atoms with E-state index in [1.165, 1.54) is 12.4 Å². The molecule has 10 heteroatoms. The van der Waals surface area contributed by atoms with Crippen LogP contribution in [-0.2, 0) is 0 Å². The first-order valence-electron chi connectivity index (χ1n) is 7.47. The third-order valence-corrected chi connectivity index (χ3v) is 4.25. The quantitative estimate of drug-likeness (QED) is 0.677. The van der Waals surface area contributed by atoms with E-state index in [9.17, 15) is 17.6 Å². The van der Waals surface area contributed by atoms with E-state index >= 15 is 0 Å². The van der Waals surface area contributed by atoms with Crippen molar-refractivity contribution in [3.05, 3.63) is 36.7 Å². The van der Waals surface area contributed by atoms with Gasteiger partial charge in [-0.2, -0.15) is 17.6 Å². The molecule has 0 N–H and O–H groups in total. The zero-order chi connectivity index (χ0) is 17.7. The highest BCUT2D eigenvalue weighted by Gasteiger charge is 2.61. The van der Waals surface area contributed by atoms with Crippen LogP contribution in [-0.4, -0.2) is 36.3 Å². The molecular weight excluding hydrogens is 342 g/mol. The summed E-state index contributed by atoms with van der Waals surface area (Å²) in [5.74, 6) is -1.71. The van der Waals surface area contributed by atoms with Gasteiger partial charge < -0.3 is 4.74 Å². The van der Waals surface area contributed by atoms with E-state index in [-0.39, 0.29) is 24.3 Å². The van der Waals surface area contributed by atoms with Gasteiger partial charge >= 0.3 is 6.18 Å². The molecule has 130 valence electrons. The molecule has 0 aromatic carbocycles. The molecule has 0 unspecified atom stereocenters. The van der Waals surface area contributed by atoms with Crippen molar-refractivity contribution < 1.29 is 22.3 Å². The van der Waals surface area contributed by atoms with Crippen LogP contribution in [0.15, 0.2) is 30.7 Å². The Hall–Kier alpha value is -2.78. The van der Waals surface area contributed by atoms with E-state index in [1.807, 2.05) is 0 Å². The zero-order valence-electron chi connectivity index (χ0n) is 12.7. The van der Waals surface area contributed by atoms with Crippen LogP contribution in [0.4, 0.5) is 17.6 Å². The molecule has 3 aromatic rings. The number of hydrogen-bond acceptors (Lipinski definition) is 5.